The molecule has 23 heavy (non-hydrogen) atoms. The first-order valence-electron chi connectivity index (χ1n) is 7.50. The first kappa shape index (κ1) is 18.6. The summed E-state index contributed by atoms with van der Waals surface area (Å²) in [5, 5.41) is 14.7. The van der Waals surface area contributed by atoms with Crippen LogP contribution in [0.4, 0.5) is 0 Å². The molecule has 2 nitrogen and oxygen atoms in total. The van der Waals surface area contributed by atoms with E-state index >= 15 is 0 Å². The van der Waals surface area contributed by atoms with Gasteiger partial charge in [-0.3, -0.25) is 0 Å². The molecule has 0 radical (unpaired) electrons. The normalized spacial score (nSPS) is 13.8. The molecule has 0 saturated heterocycles. The van der Waals surface area contributed by atoms with Crippen molar-refractivity contribution in [3.8, 4) is 0 Å². The molecule has 2 N–H and O–H groups in total. The monoisotopic (exact) mass is 369 g/mol. The molecule has 2 aromatic rings. The smallest absolute Gasteiger partial charge is 0.0827 e. The Morgan fingerprint density at radius 2 is 1.83 bits per heavy atom. The first-order valence-corrected chi connectivity index (χ1v) is 9.24. The predicted octanol–water partition coefficient (Wildman–Crippen LogP) is 5.17. The van der Waals surface area contributed by atoms with Crippen LogP contribution >= 0.6 is 35.0 Å². The van der Waals surface area contributed by atoms with E-state index in [4.69, 9.17) is 23.2 Å². The minimum Gasteiger partial charge on any atom is -0.388 e. The van der Waals surface area contributed by atoms with Gasteiger partial charge in [-0.15, -0.1) is 11.8 Å². The van der Waals surface area contributed by atoms with Gasteiger partial charge in [-0.25, -0.2) is 0 Å². The highest BCUT2D eigenvalue weighted by Crippen LogP contribution is 2.30. The molecule has 5 heteroatoms. The topological polar surface area (TPSA) is 32.3 Å². The van der Waals surface area contributed by atoms with Crippen molar-refractivity contribution in [3.05, 3.63) is 63.6 Å². The Hall–Kier alpha value is -0.710. The summed E-state index contributed by atoms with van der Waals surface area (Å²) in [5.41, 5.74) is 2.01. The molecule has 0 aromatic heterocycles. The average molecular weight is 370 g/mol. The Morgan fingerprint density at radius 1 is 1.13 bits per heavy atom. The lowest BCUT2D eigenvalue weighted by Crippen LogP contribution is -2.22. The van der Waals surface area contributed by atoms with Crippen molar-refractivity contribution in [1.82, 2.24) is 5.32 Å². The summed E-state index contributed by atoms with van der Waals surface area (Å²) in [6, 6.07) is 13.6. The van der Waals surface area contributed by atoms with Crippen LogP contribution in [0.25, 0.3) is 0 Å². The third kappa shape index (κ3) is 5.40. The summed E-state index contributed by atoms with van der Waals surface area (Å²) >= 11 is 13.8. The molecule has 0 fully saturated rings. The Kier molecular flexibility index (Phi) is 7.25. The van der Waals surface area contributed by atoms with Gasteiger partial charge >= 0.3 is 0 Å². The third-order valence-electron chi connectivity index (χ3n) is 3.70. The fourth-order valence-corrected chi connectivity index (χ4v) is 3.78. The van der Waals surface area contributed by atoms with Crippen molar-refractivity contribution in [2.45, 2.75) is 23.7 Å². The van der Waals surface area contributed by atoms with Crippen LogP contribution in [0.1, 0.15) is 24.2 Å². The largest absolute Gasteiger partial charge is 0.388 e. The number of hydrogen-bond acceptors (Lipinski definition) is 3. The second-order valence-electron chi connectivity index (χ2n) is 5.57. The lowest BCUT2D eigenvalue weighted by Gasteiger charge is -2.19. The summed E-state index contributed by atoms with van der Waals surface area (Å²) in [4.78, 5) is 1.15. The highest BCUT2D eigenvalue weighted by Gasteiger charge is 2.15. The molecular formula is C18H21Cl2NOS. The Balaban J connectivity index is 1.97. The maximum absolute atomic E-state index is 10.3. The van der Waals surface area contributed by atoms with E-state index in [1.807, 2.05) is 50.4 Å². The molecule has 2 unspecified atom stereocenters. The molecule has 2 aromatic carbocycles. The van der Waals surface area contributed by atoms with E-state index in [1.54, 1.807) is 17.8 Å². The van der Waals surface area contributed by atoms with Crippen LogP contribution in [-0.4, -0.2) is 18.7 Å². The maximum Gasteiger partial charge on any atom is 0.0827 e. The summed E-state index contributed by atoms with van der Waals surface area (Å²) in [7, 11) is 1.89. The van der Waals surface area contributed by atoms with Gasteiger partial charge in [0.25, 0.3) is 0 Å². The molecule has 2 rings (SSSR count). The van der Waals surface area contributed by atoms with Crippen molar-refractivity contribution < 1.29 is 5.11 Å². The highest BCUT2D eigenvalue weighted by atomic mass is 35.5. The summed E-state index contributed by atoms with van der Waals surface area (Å²) in [6.45, 7) is 2.82. The van der Waals surface area contributed by atoms with Crippen molar-refractivity contribution in [1.29, 1.82) is 0 Å². The maximum atomic E-state index is 10.3. The van der Waals surface area contributed by atoms with Gasteiger partial charge in [0, 0.05) is 27.2 Å². The lowest BCUT2D eigenvalue weighted by atomic mass is 9.97. The molecule has 0 aliphatic rings. The Labute approximate surface area is 152 Å². The van der Waals surface area contributed by atoms with Gasteiger partial charge in [0.05, 0.1) is 6.10 Å². The van der Waals surface area contributed by atoms with Crippen LogP contribution in [0, 0.1) is 5.92 Å². The SMILES string of the molecule is CNCC(C)C(O)c1ccc(SCc2ccc(Cl)cc2Cl)cc1. The van der Waals surface area contributed by atoms with E-state index in [0.717, 1.165) is 28.3 Å². The molecule has 0 heterocycles. The van der Waals surface area contributed by atoms with Gasteiger partial charge in [0.15, 0.2) is 0 Å². The van der Waals surface area contributed by atoms with Gasteiger partial charge in [0.2, 0.25) is 0 Å². The zero-order chi connectivity index (χ0) is 16.8. The second-order valence-corrected chi connectivity index (χ2v) is 7.47. The average Bonchev–Trinajstić information content (AvgIpc) is 2.54. The summed E-state index contributed by atoms with van der Waals surface area (Å²) in [6.07, 6.45) is -0.452. The van der Waals surface area contributed by atoms with Gasteiger partial charge < -0.3 is 10.4 Å². The van der Waals surface area contributed by atoms with Crippen LogP contribution in [0.2, 0.25) is 10.0 Å². The van der Waals surface area contributed by atoms with E-state index in [2.05, 4.69) is 5.32 Å². The number of thioether (sulfide) groups is 1. The van der Waals surface area contributed by atoms with Crippen LogP contribution in [0.3, 0.4) is 0 Å². The third-order valence-corrected chi connectivity index (χ3v) is 5.34. The molecular weight excluding hydrogens is 349 g/mol. The number of benzene rings is 2. The highest BCUT2D eigenvalue weighted by molar-refractivity contribution is 7.98. The van der Waals surface area contributed by atoms with E-state index in [1.165, 1.54) is 0 Å². The minimum atomic E-state index is -0.452. The first-order chi connectivity index (χ1) is 11.0. The molecule has 0 spiro atoms. The summed E-state index contributed by atoms with van der Waals surface area (Å²) in [5.74, 6) is 0.958. The van der Waals surface area contributed by atoms with Crippen LogP contribution < -0.4 is 5.32 Å². The van der Waals surface area contributed by atoms with Crippen molar-refractivity contribution >= 4 is 35.0 Å². The van der Waals surface area contributed by atoms with Crippen molar-refractivity contribution in [2.75, 3.05) is 13.6 Å². The number of aliphatic hydroxyl groups is 1. The molecule has 0 saturated carbocycles. The van der Waals surface area contributed by atoms with Crippen LogP contribution in [0.15, 0.2) is 47.4 Å². The minimum absolute atomic E-state index is 0.173. The van der Waals surface area contributed by atoms with Gasteiger partial charge in [-0.1, -0.05) is 48.3 Å². The number of hydrogen-bond donors (Lipinski definition) is 2. The molecule has 0 aliphatic heterocycles. The fraction of sp³-hybridized carbons (Fsp3) is 0.333. The lowest BCUT2D eigenvalue weighted by molar-refractivity contribution is 0.118. The quantitative estimate of drug-likeness (QED) is 0.659. The summed E-state index contributed by atoms with van der Waals surface area (Å²) < 4.78 is 0. The Bertz CT molecular complexity index is 633. The fourth-order valence-electron chi connectivity index (χ4n) is 2.32. The molecule has 124 valence electrons. The number of aliphatic hydroxyl groups excluding tert-OH is 1. The molecule has 0 aliphatic carbocycles. The van der Waals surface area contributed by atoms with Gasteiger partial charge in [-0.2, -0.15) is 0 Å². The standard InChI is InChI=1S/C18H21Cl2NOS/c1-12(10-21-2)18(22)13-4-7-16(8-5-13)23-11-14-3-6-15(19)9-17(14)20/h3-9,12,18,21-22H,10-11H2,1-2H3. The van der Waals surface area contributed by atoms with Crippen molar-refractivity contribution in [2.24, 2.45) is 5.92 Å². The van der Waals surface area contributed by atoms with Crippen LogP contribution in [0.5, 0.6) is 0 Å². The zero-order valence-corrected chi connectivity index (χ0v) is 15.6. The van der Waals surface area contributed by atoms with E-state index in [9.17, 15) is 5.11 Å². The number of halogens is 2. The second kappa shape index (κ2) is 8.95. The number of nitrogens with one attached hydrogen (secondary N) is 1. The van der Waals surface area contributed by atoms with E-state index < -0.39 is 6.10 Å². The van der Waals surface area contributed by atoms with E-state index in [0.29, 0.717) is 10.0 Å². The molecule has 0 bridgehead atoms. The van der Waals surface area contributed by atoms with E-state index in [-0.39, 0.29) is 5.92 Å². The van der Waals surface area contributed by atoms with Crippen LogP contribution in [-0.2, 0) is 5.75 Å². The Morgan fingerprint density at radius 3 is 2.43 bits per heavy atom. The van der Waals surface area contributed by atoms with Crippen molar-refractivity contribution in [3.63, 3.8) is 0 Å². The van der Waals surface area contributed by atoms with Gasteiger partial charge in [0.1, 0.15) is 0 Å². The van der Waals surface area contributed by atoms with Gasteiger partial charge in [-0.05, 0) is 48.4 Å². The predicted molar refractivity (Wildman–Crippen MR) is 101 cm³/mol. The molecule has 0 amide bonds. The zero-order valence-electron chi connectivity index (χ0n) is 13.2. The number of rotatable bonds is 7. The molecule has 2 atom stereocenters.